The number of carboxylic acid groups (broad SMARTS) is 1. The summed E-state index contributed by atoms with van der Waals surface area (Å²) in [6, 6.07) is 6.75. The number of benzene rings is 1. The number of halogens is 1. The Bertz CT molecular complexity index is 482. The van der Waals surface area contributed by atoms with Crippen LogP contribution in [0.1, 0.15) is 24.4 Å². The number of carboxylic acids is 1. The fourth-order valence-electron chi connectivity index (χ4n) is 2.15. The van der Waals surface area contributed by atoms with E-state index in [-0.39, 0.29) is 18.2 Å². The van der Waals surface area contributed by atoms with Gasteiger partial charge in [-0.3, -0.25) is 9.59 Å². The molecule has 20 heavy (non-hydrogen) atoms. The van der Waals surface area contributed by atoms with Gasteiger partial charge >= 0.3 is 5.97 Å². The second-order valence-corrected chi connectivity index (χ2v) is 5.69. The molecule has 0 aromatic heterocycles. The zero-order valence-corrected chi connectivity index (χ0v) is 12.4. The molecule has 2 atom stereocenters. The predicted molar refractivity (Wildman–Crippen MR) is 76.2 cm³/mol. The maximum absolute atomic E-state index is 12.1. The highest BCUT2D eigenvalue weighted by Gasteiger charge is 2.26. The van der Waals surface area contributed by atoms with Crippen molar-refractivity contribution in [2.45, 2.75) is 18.9 Å². The zero-order chi connectivity index (χ0) is 14.5. The molecule has 1 heterocycles. The molecule has 108 valence electrons. The van der Waals surface area contributed by atoms with Gasteiger partial charge in [-0.15, -0.1) is 0 Å². The fourth-order valence-corrected chi connectivity index (χ4v) is 2.42. The lowest BCUT2D eigenvalue weighted by Gasteiger charge is -2.19. The largest absolute Gasteiger partial charge is 0.481 e. The van der Waals surface area contributed by atoms with Crippen molar-refractivity contribution in [1.82, 2.24) is 5.32 Å². The lowest BCUT2D eigenvalue weighted by molar-refractivity contribution is -0.137. The maximum Gasteiger partial charge on any atom is 0.305 e. The predicted octanol–water partition coefficient (Wildman–Crippen LogP) is 2.12. The molecule has 5 nitrogen and oxygen atoms in total. The van der Waals surface area contributed by atoms with Crippen LogP contribution in [0.4, 0.5) is 0 Å². The lowest BCUT2D eigenvalue weighted by atomic mass is 10.0. The Hall–Kier alpha value is -1.40. The van der Waals surface area contributed by atoms with Crippen LogP contribution in [0.15, 0.2) is 28.7 Å². The number of hydrogen-bond donors (Lipinski definition) is 2. The Kier molecular flexibility index (Phi) is 5.14. The molecule has 0 saturated carbocycles. The molecule has 2 rings (SSSR count). The minimum Gasteiger partial charge on any atom is -0.481 e. The first-order chi connectivity index (χ1) is 9.56. The lowest BCUT2D eigenvalue weighted by Crippen LogP contribution is -2.35. The van der Waals surface area contributed by atoms with Crippen LogP contribution in [0.5, 0.6) is 0 Å². The van der Waals surface area contributed by atoms with Crippen molar-refractivity contribution < 1.29 is 19.4 Å². The summed E-state index contributed by atoms with van der Waals surface area (Å²) >= 11 is 3.33. The van der Waals surface area contributed by atoms with E-state index in [1.807, 2.05) is 24.3 Å². The van der Waals surface area contributed by atoms with Crippen LogP contribution in [0, 0.1) is 5.92 Å². The van der Waals surface area contributed by atoms with Gasteiger partial charge in [-0.25, -0.2) is 0 Å². The first kappa shape index (κ1) is 15.0. The van der Waals surface area contributed by atoms with Crippen molar-refractivity contribution in [1.29, 1.82) is 0 Å². The summed E-state index contributed by atoms with van der Waals surface area (Å²) in [6.07, 6.45) is 0.549. The van der Waals surface area contributed by atoms with Gasteiger partial charge in [-0.1, -0.05) is 28.1 Å². The van der Waals surface area contributed by atoms with Crippen LogP contribution in [0.3, 0.4) is 0 Å². The van der Waals surface area contributed by atoms with Crippen LogP contribution in [-0.4, -0.2) is 30.2 Å². The molecule has 0 bridgehead atoms. The molecule has 2 N–H and O–H groups in total. The summed E-state index contributed by atoms with van der Waals surface area (Å²) in [4.78, 5) is 23.1. The van der Waals surface area contributed by atoms with Crippen LogP contribution < -0.4 is 5.32 Å². The molecule has 1 saturated heterocycles. The van der Waals surface area contributed by atoms with Crippen molar-refractivity contribution in [2.24, 2.45) is 5.92 Å². The van der Waals surface area contributed by atoms with Crippen molar-refractivity contribution in [3.8, 4) is 0 Å². The smallest absolute Gasteiger partial charge is 0.305 e. The fraction of sp³-hybridized carbons (Fsp3) is 0.429. The average molecular weight is 342 g/mol. The summed E-state index contributed by atoms with van der Waals surface area (Å²) in [5.74, 6) is -1.26. The summed E-state index contributed by atoms with van der Waals surface area (Å²) in [5.41, 5.74) is 0.780. The van der Waals surface area contributed by atoms with Crippen molar-refractivity contribution in [3.05, 3.63) is 34.3 Å². The van der Waals surface area contributed by atoms with E-state index in [2.05, 4.69) is 21.2 Å². The van der Waals surface area contributed by atoms with E-state index in [9.17, 15) is 9.59 Å². The normalized spacial score (nSPS) is 19.6. The first-order valence-electron chi connectivity index (χ1n) is 6.41. The van der Waals surface area contributed by atoms with E-state index in [1.165, 1.54) is 0 Å². The van der Waals surface area contributed by atoms with E-state index in [4.69, 9.17) is 9.84 Å². The third-order valence-corrected chi connectivity index (χ3v) is 3.80. The van der Waals surface area contributed by atoms with Crippen molar-refractivity contribution >= 4 is 27.8 Å². The van der Waals surface area contributed by atoms with E-state index < -0.39 is 12.0 Å². The van der Waals surface area contributed by atoms with Gasteiger partial charge in [0.25, 0.3) is 0 Å². The molecule has 1 aliphatic heterocycles. The minimum atomic E-state index is -0.944. The topological polar surface area (TPSA) is 75.6 Å². The minimum absolute atomic E-state index is 0.138. The van der Waals surface area contributed by atoms with Crippen LogP contribution in [0.2, 0.25) is 0 Å². The van der Waals surface area contributed by atoms with Gasteiger partial charge in [-0.05, 0) is 24.1 Å². The molecule has 2 unspecified atom stereocenters. The number of aliphatic carboxylic acids is 1. The Morgan fingerprint density at radius 1 is 1.40 bits per heavy atom. The maximum atomic E-state index is 12.1. The second-order valence-electron chi connectivity index (χ2n) is 4.77. The SMILES string of the molecule is O=C(O)CC(NC(=O)C1CCOC1)c1ccc(Br)cc1. The van der Waals surface area contributed by atoms with Crippen LogP contribution >= 0.6 is 15.9 Å². The van der Waals surface area contributed by atoms with Gasteiger partial charge in [0.15, 0.2) is 0 Å². The van der Waals surface area contributed by atoms with Gasteiger partial charge in [0.2, 0.25) is 5.91 Å². The third-order valence-electron chi connectivity index (χ3n) is 3.27. The summed E-state index contributed by atoms with van der Waals surface area (Å²) in [7, 11) is 0. The summed E-state index contributed by atoms with van der Waals surface area (Å²) < 4.78 is 6.09. The molecular weight excluding hydrogens is 326 g/mol. The molecule has 1 aliphatic rings. The molecule has 1 aromatic rings. The van der Waals surface area contributed by atoms with Gasteiger partial charge < -0.3 is 15.2 Å². The first-order valence-corrected chi connectivity index (χ1v) is 7.21. The van der Waals surface area contributed by atoms with Crippen molar-refractivity contribution in [3.63, 3.8) is 0 Å². The van der Waals surface area contributed by atoms with Crippen molar-refractivity contribution in [2.75, 3.05) is 13.2 Å². The van der Waals surface area contributed by atoms with E-state index in [1.54, 1.807) is 0 Å². The van der Waals surface area contributed by atoms with Gasteiger partial charge in [0.1, 0.15) is 0 Å². The third kappa shape index (κ3) is 4.05. The number of rotatable bonds is 5. The zero-order valence-electron chi connectivity index (χ0n) is 10.8. The molecule has 1 aromatic carbocycles. The Balaban J connectivity index is 2.08. The number of nitrogens with one attached hydrogen (secondary N) is 1. The molecule has 1 fully saturated rings. The molecular formula is C14H16BrNO4. The second kappa shape index (κ2) is 6.85. The Labute approximate surface area is 125 Å². The highest BCUT2D eigenvalue weighted by atomic mass is 79.9. The monoisotopic (exact) mass is 341 g/mol. The number of amides is 1. The molecule has 0 spiro atoms. The number of carbonyl (C=O) groups is 2. The molecule has 0 radical (unpaired) electrons. The van der Waals surface area contributed by atoms with E-state index >= 15 is 0 Å². The number of carbonyl (C=O) groups excluding carboxylic acids is 1. The van der Waals surface area contributed by atoms with E-state index in [0.717, 1.165) is 10.0 Å². The van der Waals surface area contributed by atoms with Gasteiger partial charge in [-0.2, -0.15) is 0 Å². The number of ether oxygens (including phenoxy) is 1. The summed E-state index contributed by atoms with van der Waals surface area (Å²) in [6.45, 7) is 0.992. The standard InChI is InChI=1S/C14H16BrNO4/c15-11-3-1-9(2-4-11)12(7-13(17)18)16-14(19)10-5-6-20-8-10/h1-4,10,12H,5-8H2,(H,16,19)(H,17,18). The van der Waals surface area contributed by atoms with Crippen LogP contribution in [0.25, 0.3) is 0 Å². The Morgan fingerprint density at radius 3 is 2.65 bits per heavy atom. The van der Waals surface area contributed by atoms with Gasteiger partial charge in [0.05, 0.1) is 25.0 Å². The van der Waals surface area contributed by atoms with E-state index in [0.29, 0.717) is 19.6 Å². The van der Waals surface area contributed by atoms with Gasteiger partial charge in [0, 0.05) is 11.1 Å². The van der Waals surface area contributed by atoms with Crippen LogP contribution in [-0.2, 0) is 14.3 Å². The Morgan fingerprint density at radius 2 is 2.10 bits per heavy atom. The highest BCUT2D eigenvalue weighted by molar-refractivity contribution is 9.10. The molecule has 1 amide bonds. The number of hydrogen-bond acceptors (Lipinski definition) is 3. The average Bonchev–Trinajstić information content (AvgIpc) is 2.92. The molecule has 0 aliphatic carbocycles. The summed E-state index contributed by atoms with van der Waals surface area (Å²) in [5, 5.41) is 11.8. The molecule has 6 heteroatoms. The highest BCUT2D eigenvalue weighted by Crippen LogP contribution is 2.21. The quantitative estimate of drug-likeness (QED) is 0.860.